The Bertz CT molecular complexity index is 1650. The van der Waals surface area contributed by atoms with Gasteiger partial charge >= 0.3 is 0 Å². The number of halogens is 2. The number of nitrogens with one attached hydrogen (secondary N) is 1. The van der Waals surface area contributed by atoms with Crippen LogP contribution in [0, 0.1) is 12.7 Å². The molecule has 0 spiro atoms. The van der Waals surface area contributed by atoms with Gasteiger partial charge in [-0.3, -0.25) is 9.89 Å². The average Bonchev–Trinajstić information content (AvgIpc) is 3.37. The zero-order valence-electron chi connectivity index (χ0n) is 23.1. The van der Waals surface area contributed by atoms with Gasteiger partial charge in [0.2, 0.25) is 11.9 Å². The van der Waals surface area contributed by atoms with Crippen molar-refractivity contribution in [1.82, 2.24) is 30.0 Å². The standard InChI is InChI=1S/C29H32ClFN8O/c1-6-22(40)39-10-9-37(13-17(39)3)28-20-11-21(30)24(23-16(2)7-8-18-12-32-35-26(18)23)25(31)27(20)33-29(34-28)38-14-19(15-38)36(4)5/h6-8,11-12,17,19H,1,9-10,13-15H2,2-5H3,(H,32,35). The number of hydrogen-bond acceptors (Lipinski definition) is 7. The van der Waals surface area contributed by atoms with Crippen LogP contribution in [0.3, 0.4) is 0 Å². The zero-order valence-corrected chi connectivity index (χ0v) is 23.8. The molecule has 2 saturated heterocycles. The quantitative estimate of drug-likeness (QED) is 0.364. The fraction of sp³-hybridized carbons (Fsp3) is 0.379. The van der Waals surface area contributed by atoms with E-state index in [1.165, 1.54) is 6.08 Å². The van der Waals surface area contributed by atoms with Gasteiger partial charge in [0.25, 0.3) is 0 Å². The van der Waals surface area contributed by atoms with Crippen molar-refractivity contribution >= 4 is 51.1 Å². The van der Waals surface area contributed by atoms with Gasteiger partial charge in [-0.05, 0) is 45.6 Å². The number of H-pyrrole nitrogens is 1. The highest BCUT2D eigenvalue weighted by Crippen LogP contribution is 2.42. The topological polar surface area (TPSA) is 84.5 Å². The molecule has 208 valence electrons. The molecular weight excluding hydrogens is 531 g/mol. The molecule has 4 aromatic rings. The van der Waals surface area contributed by atoms with E-state index in [0.717, 1.165) is 29.6 Å². The van der Waals surface area contributed by atoms with Crippen molar-refractivity contribution in [2.75, 3.05) is 56.6 Å². The first-order valence-electron chi connectivity index (χ1n) is 13.4. The van der Waals surface area contributed by atoms with E-state index in [4.69, 9.17) is 21.6 Å². The second kappa shape index (κ2) is 10.0. The summed E-state index contributed by atoms with van der Waals surface area (Å²) < 4.78 is 16.7. The van der Waals surface area contributed by atoms with Gasteiger partial charge in [0, 0.05) is 66.7 Å². The second-order valence-electron chi connectivity index (χ2n) is 10.9. The average molecular weight is 563 g/mol. The molecule has 1 atom stereocenters. The number of carbonyl (C=O) groups is 1. The molecule has 0 saturated carbocycles. The summed E-state index contributed by atoms with van der Waals surface area (Å²) in [5, 5.41) is 8.87. The molecule has 1 N–H and O–H groups in total. The largest absolute Gasteiger partial charge is 0.352 e. The summed E-state index contributed by atoms with van der Waals surface area (Å²) in [5.74, 6) is 0.518. The van der Waals surface area contributed by atoms with Crippen molar-refractivity contribution < 1.29 is 9.18 Å². The van der Waals surface area contributed by atoms with Crippen LogP contribution in [0.4, 0.5) is 16.2 Å². The summed E-state index contributed by atoms with van der Waals surface area (Å²) in [6.07, 6.45) is 3.06. The van der Waals surface area contributed by atoms with E-state index in [1.54, 1.807) is 17.2 Å². The molecule has 4 heterocycles. The maximum Gasteiger partial charge on any atom is 0.246 e. The highest BCUT2D eigenvalue weighted by molar-refractivity contribution is 6.35. The number of carbonyl (C=O) groups excluding carboxylic acids is 1. The van der Waals surface area contributed by atoms with Gasteiger partial charge < -0.3 is 19.6 Å². The van der Waals surface area contributed by atoms with Crippen molar-refractivity contribution in [2.24, 2.45) is 0 Å². The number of rotatable bonds is 5. The molecule has 0 aliphatic carbocycles. The Hall–Kier alpha value is -3.76. The van der Waals surface area contributed by atoms with Crippen molar-refractivity contribution in [2.45, 2.75) is 25.9 Å². The van der Waals surface area contributed by atoms with Crippen LogP contribution < -0.4 is 9.80 Å². The van der Waals surface area contributed by atoms with Crippen molar-refractivity contribution in [3.05, 3.63) is 53.5 Å². The molecule has 2 fully saturated rings. The number of likely N-dealkylation sites (N-methyl/N-ethyl adjacent to an activating group) is 1. The Morgan fingerprint density at radius 2 is 1.95 bits per heavy atom. The van der Waals surface area contributed by atoms with E-state index in [0.29, 0.717) is 54.0 Å². The van der Waals surface area contributed by atoms with Crippen LogP contribution in [0.15, 0.2) is 37.1 Å². The maximum atomic E-state index is 16.7. The van der Waals surface area contributed by atoms with E-state index in [2.05, 4.69) is 31.5 Å². The number of aryl methyl sites for hydroxylation is 1. The minimum Gasteiger partial charge on any atom is -0.352 e. The lowest BCUT2D eigenvalue weighted by Gasteiger charge is -2.43. The van der Waals surface area contributed by atoms with E-state index in [1.807, 2.05) is 40.1 Å². The Morgan fingerprint density at radius 1 is 1.18 bits per heavy atom. The molecule has 6 rings (SSSR count). The number of nitrogens with zero attached hydrogens (tertiary/aromatic N) is 7. The highest BCUT2D eigenvalue weighted by Gasteiger charge is 2.34. The van der Waals surface area contributed by atoms with Crippen LogP contribution in [0.2, 0.25) is 5.02 Å². The molecule has 2 aromatic heterocycles. The Labute approximate surface area is 237 Å². The van der Waals surface area contributed by atoms with E-state index in [-0.39, 0.29) is 22.5 Å². The van der Waals surface area contributed by atoms with Crippen LogP contribution in [-0.4, -0.2) is 94.8 Å². The number of benzene rings is 2. The molecule has 2 aliphatic rings. The summed E-state index contributed by atoms with van der Waals surface area (Å²) >= 11 is 6.87. The Morgan fingerprint density at radius 3 is 2.65 bits per heavy atom. The van der Waals surface area contributed by atoms with Crippen molar-refractivity contribution in [3.8, 4) is 11.1 Å². The molecule has 9 nitrogen and oxygen atoms in total. The molecule has 2 aromatic carbocycles. The first kappa shape index (κ1) is 26.5. The predicted octanol–water partition coefficient (Wildman–Crippen LogP) is 4.25. The monoisotopic (exact) mass is 562 g/mol. The van der Waals surface area contributed by atoms with Crippen LogP contribution in [-0.2, 0) is 4.79 Å². The fourth-order valence-electron chi connectivity index (χ4n) is 5.76. The Balaban J connectivity index is 1.51. The lowest BCUT2D eigenvalue weighted by molar-refractivity contribution is -0.128. The molecule has 1 amide bonds. The lowest BCUT2D eigenvalue weighted by Crippen LogP contribution is -2.58. The van der Waals surface area contributed by atoms with Gasteiger partial charge in [-0.1, -0.05) is 30.3 Å². The maximum absolute atomic E-state index is 16.7. The number of aromatic nitrogens is 4. The number of anilines is 2. The molecule has 1 unspecified atom stereocenters. The Kier molecular flexibility index (Phi) is 6.62. The van der Waals surface area contributed by atoms with Gasteiger partial charge in [0.05, 0.1) is 16.7 Å². The van der Waals surface area contributed by atoms with Crippen molar-refractivity contribution in [3.63, 3.8) is 0 Å². The fourth-order valence-corrected chi connectivity index (χ4v) is 6.05. The van der Waals surface area contributed by atoms with Gasteiger partial charge in [-0.2, -0.15) is 10.1 Å². The van der Waals surface area contributed by atoms with Crippen LogP contribution >= 0.6 is 11.6 Å². The van der Waals surface area contributed by atoms with E-state index < -0.39 is 5.82 Å². The summed E-state index contributed by atoms with van der Waals surface area (Å²) in [6, 6.07) is 5.97. The summed E-state index contributed by atoms with van der Waals surface area (Å²) in [4.78, 5) is 30.2. The lowest BCUT2D eigenvalue weighted by atomic mass is 9.96. The molecule has 0 radical (unpaired) electrons. The van der Waals surface area contributed by atoms with E-state index >= 15 is 4.39 Å². The third-order valence-electron chi connectivity index (χ3n) is 8.19. The van der Waals surface area contributed by atoms with Gasteiger partial charge in [-0.15, -0.1) is 0 Å². The van der Waals surface area contributed by atoms with Gasteiger partial charge in [0.1, 0.15) is 11.3 Å². The summed E-state index contributed by atoms with van der Waals surface area (Å²) in [6.45, 7) is 10.7. The normalized spacial score (nSPS) is 18.2. The number of fused-ring (bicyclic) bond motifs is 2. The summed E-state index contributed by atoms with van der Waals surface area (Å²) in [5.41, 5.74) is 2.79. The third kappa shape index (κ3) is 4.26. The number of aromatic amines is 1. The smallest absolute Gasteiger partial charge is 0.246 e. The van der Waals surface area contributed by atoms with Crippen LogP contribution in [0.25, 0.3) is 32.9 Å². The van der Waals surface area contributed by atoms with Gasteiger partial charge in [-0.25, -0.2) is 9.37 Å². The molecule has 40 heavy (non-hydrogen) atoms. The van der Waals surface area contributed by atoms with Gasteiger partial charge in [0.15, 0.2) is 5.82 Å². The molecule has 11 heteroatoms. The minimum absolute atomic E-state index is 0.0740. The number of hydrogen-bond donors (Lipinski definition) is 1. The number of piperazine rings is 1. The second-order valence-corrected chi connectivity index (χ2v) is 11.3. The minimum atomic E-state index is -0.490. The van der Waals surface area contributed by atoms with Crippen LogP contribution in [0.1, 0.15) is 12.5 Å². The highest BCUT2D eigenvalue weighted by atomic mass is 35.5. The predicted molar refractivity (Wildman–Crippen MR) is 158 cm³/mol. The summed E-state index contributed by atoms with van der Waals surface area (Å²) in [7, 11) is 4.10. The zero-order chi connectivity index (χ0) is 28.3. The third-order valence-corrected chi connectivity index (χ3v) is 8.49. The molecular formula is C29H32ClFN8O. The SMILES string of the molecule is C=CC(=O)N1CCN(c2nc(N3CC(N(C)C)C3)nc3c(F)c(-c4c(C)ccc5cn[nH]c45)c(Cl)cc23)CC1C. The first-order valence-corrected chi connectivity index (χ1v) is 13.8. The first-order chi connectivity index (χ1) is 19.2. The molecule has 2 aliphatic heterocycles. The van der Waals surface area contributed by atoms with E-state index in [9.17, 15) is 4.79 Å². The van der Waals surface area contributed by atoms with Crippen molar-refractivity contribution in [1.29, 1.82) is 0 Å². The number of amides is 1. The molecule has 0 bridgehead atoms. The van der Waals surface area contributed by atoms with Crippen LogP contribution in [0.5, 0.6) is 0 Å².